The summed E-state index contributed by atoms with van der Waals surface area (Å²) in [5, 5.41) is 0.569. The molecular formula is C15H7Br2FO2. The highest BCUT2D eigenvalue weighted by Crippen LogP contribution is 2.27. The predicted molar refractivity (Wildman–Crippen MR) is 81.4 cm³/mol. The Morgan fingerprint density at radius 2 is 1.85 bits per heavy atom. The molecule has 0 spiro atoms. The molecule has 0 saturated heterocycles. The molecule has 0 aliphatic heterocycles. The van der Waals surface area contributed by atoms with Gasteiger partial charge in [0.05, 0.1) is 0 Å². The smallest absolute Gasteiger partial charge is 0.229 e. The van der Waals surface area contributed by atoms with E-state index < -0.39 is 0 Å². The topological polar surface area (TPSA) is 30.2 Å². The number of fused-ring (bicyclic) bond motifs is 1. The molecule has 0 N–H and O–H groups in total. The third-order valence-corrected chi connectivity index (χ3v) is 4.06. The molecule has 3 aromatic rings. The lowest BCUT2D eigenvalue weighted by Gasteiger charge is -2.01. The number of hydrogen-bond acceptors (Lipinski definition) is 2. The summed E-state index contributed by atoms with van der Waals surface area (Å²) >= 11 is 6.67. The third kappa shape index (κ3) is 2.43. The van der Waals surface area contributed by atoms with Gasteiger partial charge in [-0.25, -0.2) is 4.39 Å². The molecule has 1 heterocycles. The molecule has 3 rings (SSSR count). The number of ketones is 1. The Balaban J connectivity index is 2.10. The molecular weight excluding hydrogens is 391 g/mol. The van der Waals surface area contributed by atoms with Crippen molar-refractivity contribution in [1.29, 1.82) is 0 Å². The summed E-state index contributed by atoms with van der Waals surface area (Å²) in [6.45, 7) is 0. The summed E-state index contributed by atoms with van der Waals surface area (Å²) in [6.07, 6.45) is 0. The van der Waals surface area contributed by atoms with E-state index in [9.17, 15) is 9.18 Å². The Bertz CT molecular complexity index is 824. The molecule has 0 fully saturated rings. The number of furan rings is 1. The van der Waals surface area contributed by atoms with Crippen molar-refractivity contribution in [1.82, 2.24) is 0 Å². The van der Waals surface area contributed by atoms with Gasteiger partial charge in [-0.15, -0.1) is 0 Å². The van der Waals surface area contributed by atoms with Crippen molar-refractivity contribution in [3.05, 3.63) is 68.6 Å². The Labute approximate surface area is 130 Å². The van der Waals surface area contributed by atoms with Gasteiger partial charge in [-0.05, 0) is 42.5 Å². The Morgan fingerprint density at radius 1 is 1.05 bits per heavy atom. The first-order valence-electron chi connectivity index (χ1n) is 5.73. The van der Waals surface area contributed by atoms with Crippen molar-refractivity contribution >= 4 is 48.6 Å². The van der Waals surface area contributed by atoms with Crippen molar-refractivity contribution in [2.24, 2.45) is 0 Å². The van der Waals surface area contributed by atoms with Crippen LogP contribution in [0.1, 0.15) is 16.1 Å². The van der Waals surface area contributed by atoms with E-state index in [0.717, 1.165) is 4.47 Å². The molecule has 0 aliphatic rings. The number of rotatable bonds is 2. The van der Waals surface area contributed by atoms with Crippen molar-refractivity contribution < 1.29 is 13.6 Å². The maximum absolute atomic E-state index is 13.1. The summed E-state index contributed by atoms with van der Waals surface area (Å²) in [7, 11) is 0. The van der Waals surface area contributed by atoms with E-state index in [1.807, 2.05) is 6.07 Å². The van der Waals surface area contributed by atoms with Gasteiger partial charge in [0.15, 0.2) is 5.76 Å². The van der Waals surface area contributed by atoms with Crippen LogP contribution in [0, 0.1) is 5.82 Å². The van der Waals surface area contributed by atoms with Gasteiger partial charge in [0, 0.05) is 19.9 Å². The van der Waals surface area contributed by atoms with E-state index in [1.54, 1.807) is 18.2 Å². The largest absolute Gasteiger partial charge is 0.453 e. The number of hydrogen-bond donors (Lipinski definition) is 0. The average Bonchev–Trinajstić information content (AvgIpc) is 2.83. The van der Waals surface area contributed by atoms with Gasteiger partial charge in [-0.1, -0.05) is 31.9 Å². The second-order valence-electron chi connectivity index (χ2n) is 4.25. The van der Waals surface area contributed by atoms with Gasteiger partial charge in [0.1, 0.15) is 11.4 Å². The summed E-state index contributed by atoms with van der Waals surface area (Å²) < 4.78 is 20.1. The van der Waals surface area contributed by atoms with E-state index in [0.29, 0.717) is 21.0 Å². The molecule has 100 valence electrons. The van der Waals surface area contributed by atoms with Crippen LogP contribution in [0.25, 0.3) is 11.0 Å². The van der Waals surface area contributed by atoms with Gasteiger partial charge in [0.2, 0.25) is 5.78 Å². The van der Waals surface area contributed by atoms with E-state index in [2.05, 4.69) is 31.9 Å². The van der Waals surface area contributed by atoms with Crippen molar-refractivity contribution in [2.45, 2.75) is 0 Å². The number of carbonyl (C=O) groups is 1. The van der Waals surface area contributed by atoms with Gasteiger partial charge in [-0.3, -0.25) is 4.79 Å². The van der Waals surface area contributed by atoms with Crippen LogP contribution < -0.4 is 0 Å². The summed E-state index contributed by atoms with van der Waals surface area (Å²) in [4.78, 5) is 12.4. The van der Waals surface area contributed by atoms with E-state index in [1.165, 1.54) is 18.2 Å². The maximum Gasteiger partial charge on any atom is 0.229 e. The third-order valence-electron chi connectivity index (χ3n) is 2.88. The zero-order chi connectivity index (χ0) is 14.3. The Hall–Kier alpha value is -1.46. The monoisotopic (exact) mass is 396 g/mol. The molecule has 0 radical (unpaired) electrons. The molecule has 0 amide bonds. The number of benzene rings is 2. The Kier molecular flexibility index (Phi) is 3.48. The van der Waals surface area contributed by atoms with Crippen molar-refractivity contribution in [3.8, 4) is 0 Å². The molecule has 0 saturated carbocycles. The van der Waals surface area contributed by atoms with Crippen LogP contribution in [0.2, 0.25) is 0 Å². The number of halogens is 3. The molecule has 2 nitrogen and oxygen atoms in total. The fourth-order valence-corrected chi connectivity index (χ4v) is 2.72. The maximum atomic E-state index is 13.1. The Morgan fingerprint density at radius 3 is 2.65 bits per heavy atom. The van der Waals surface area contributed by atoms with Crippen LogP contribution >= 0.6 is 31.9 Å². The highest BCUT2D eigenvalue weighted by molar-refractivity contribution is 9.11. The predicted octanol–water partition coefficient (Wildman–Crippen LogP) is 5.33. The molecule has 1 aromatic heterocycles. The molecule has 0 atom stereocenters. The van der Waals surface area contributed by atoms with Gasteiger partial charge in [0.25, 0.3) is 0 Å². The highest BCUT2D eigenvalue weighted by atomic mass is 79.9. The standard InChI is InChI=1S/C15H7Br2FO2/c16-9-1-3-12(17)11(7-9)15(19)14-6-8-5-10(18)2-4-13(8)20-14/h1-7H. The second-order valence-corrected chi connectivity index (χ2v) is 6.02. The minimum Gasteiger partial charge on any atom is -0.453 e. The summed E-state index contributed by atoms with van der Waals surface area (Å²) in [5.74, 6) is -0.430. The fourth-order valence-electron chi connectivity index (χ4n) is 1.93. The molecule has 0 unspecified atom stereocenters. The van der Waals surface area contributed by atoms with Gasteiger partial charge < -0.3 is 4.42 Å². The average molecular weight is 398 g/mol. The fraction of sp³-hybridized carbons (Fsp3) is 0. The second kappa shape index (κ2) is 5.14. The first-order valence-corrected chi connectivity index (χ1v) is 7.32. The summed E-state index contributed by atoms with van der Waals surface area (Å²) in [6, 6.07) is 11.0. The first kappa shape index (κ1) is 13.5. The molecule has 0 aliphatic carbocycles. The molecule has 5 heteroatoms. The quantitative estimate of drug-likeness (QED) is 0.547. The highest BCUT2D eigenvalue weighted by Gasteiger charge is 2.17. The van der Waals surface area contributed by atoms with Crippen LogP contribution in [-0.2, 0) is 0 Å². The lowest BCUT2D eigenvalue weighted by Crippen LogP contribution is -2.00. The van der Waals surface area contributed by atoms with Crippen molar-refractivity contribution in [3.63, 3.8) is 0 Å². The van der Waals surface area contributed by atoms with Crippen LogP contribution in [0.5, 0.6) is 0 Å². The molecule has 20 heavy (non-hydrogen) atoms. The minimum atomic E-state index is -0.360. The molecule has 2 aromatic carbocycles. The SMILES string of the molecule is O=C(c1cc2cc(F)ccc2o1)c1cc(Br)ccc1Br. The zero-order valence-corrected chi connectivity index (χ0v) is 13.2. The van der Waals surface area contributed by atoms with Crippen LogP contribution in [0.15, 0.2) is 55.8 Å². The lowest BCUT2D eigenvalue weighted by molar-refractivity contribution is 0.101. The zero-order valence-electron chi connectivity index (χ0n) is 9.99. The molecule has 0 bridgehead atoms. The minimum absolute atomic E-state index is 0.185. The van der Waals surface area contributed by atoms with E-state index in [-0.39, 0.29) is 17.4 Å². The van der Waals surface area contributed by atoms with Crippen LogP contribution in [0.4, 0.5) is 4.39 Å². The first-order chi connectivity index (χ1) is 9.54. The van der Waals surface area contributed by atoms with Gasteiger partial charge in [-0.2, -0.15) is 0 Å². The summed E-state index contributed by atoms with van der Waals surface area (Å²) in [5.41, 5.74) is 0.972. The van der Waals surface area contributed by atoms with E-state index in [4.69, 9.17) is 4.42 Å². The van der Waals surface area contributed by atoms with Crippen LogP contribution in [0.3, 0.4) is 0 Å². The number of carbonyl (C=O) groups excluding carboxylic acids is 1. The van der Waals surface area contributed by atoms with Crippen LogP contribution in [-0.4, -0.2) is 5.78 Å². The van der Waals surface area contributed by atoms with Crippen molar-refractivity contribution in [2.75, 3.05) is 0 Å². The lowest BCUT2D eigenvalue weighted by atomic mass is 10.1. The van der Waals surface area contributed by atoms with Gasteiger partial charge >= 0.3 is 0 Å². The van der Waals surface area contributed by atoms with E-state index >= 15 is 0 Å². The normalized spacial score (nSPS) is 10.9.